The second-order valence-electron chi connectivity index (χ2n) is 13.7. The van der Waals surface area contributed by atoms with Crippen LogP contribution in [-0.4, -0.2) is 11.8 Å². The molecule has 1 saturated carbocycles. The van der Waals surface area contributed by atoms with E-state index in [0.29, 0.717) is 11.1 Å². The maximum absolute atomic E-state index is 13.3. The zero-order valence-corrected chi connectivity index (χ0v) is 27.4. The van der Waals surface area contributed by atoms with E-state index in [0.717, 1.165) is 46.5 Å². The lowest BCUT2D eigenvalue weighted by atomic mass is 9.64. The number of aryl methyl sites for hydroxylation is 4. The number of carbonyl (C=O) groups is 2. The summed E-state index contributed by atoms with van der Waals surface area (Å²) in [6.07, 6.45) is 5.74. The lowest BCUT2D eigenvalue weighted by molar-refractivity contribution is 0.101. The molecule has 4 nitrogen and oxygen atoms in total. The van der Waals surface area contributed by atoms with Gasteiger partial charge in [-0.05, 0) is 109 Å². The molecule has 0 bridgehead atoms. The second kappa shape index (κ2) is 12.4. The Balaban J connectivity index is 1.45. The fourth-order valence-corrected chi connectivity index (χ4v) is 6.86. The fourth-order valence-electron chi connectivity index (χ4n) is 6.86. The van der Waals surface area contributed by atoms with Gasteiger partial charge in [-0.25, -0.2) is 0 Å². The van der Waals surface area contributed by atoms with Crippen molar-refractivity contribution in [2.75, 3.05) is 10.6 Å². The van der Waals surface area contributed by atoms with Gasteiger partial charge in [-0.1, -0.05) is 94.6 Å². The third-order valence-electron chi connectivity index (χ3n) is 9.40. The Morgan fingerprint density at radius 1 is 0.591 bits per heavy atom. The lowest BCUT2D eigenvalue weighted by Gasteiger charge is -2.40. The molecule has 228 valence electrons. The van der Waals surface area contributed by atoms with Gasteiger partial charge in [0.1, 0.15) is 0 Å². The summed E-state index contributed by atoms with van der Waals surface area (Å²) in [6, 6.07) is 26.4. The molecule has 0 atom stereocenters. The van der Waals surface area contributed by atoms with Crippen LogP contribution >= 0.6 is 0 Å². The van der Waals surface area contributed by atoms with Crippen LogP contribution in [0.2, 0.25) is 0 Å². The Bertz CT molecular complexity index is 1630. The molecule has 1 aliphatic rings. The summed E-state index contributed by atoms with van der Waals surface area (Å²) in [5.41, 5.74) is 11.1. The first kappa shape index (κ1) is 31.3. The number of rotatable bonds is 6. The van der Waals surface area contributed by atoms with Crippen LogP contribution in [0.5, 0.6) is 0 Å². The first-order valence-corrected chi connectivity index (χ1v) is 15.9. The van der Waals surface area contributed by atoms with Crippen molar-refractivity contribution < 1.29 is 9.59 Å². The molecule has 0 radical (unpaired) electrons. The molecule has 0 saturated heterocycles. The Hall–Kier alpha value is -4.18. The van der Waals surface area contributed by atoms with E-state index in [1.54, 1.807) is 0 Å². The second-order valence-corrected chi connectivity index (χ2v) is 13.7. The van der Waals surface area contributed by atoms with E-state index < -0.39 is 0 Å². The molecule has 2 N–H and O–H groups in total. The highest BCUT2D eigenvalue weighted by atomic mass is 16.2. The van der Waals surface area contributed by atoms with Gasteiger partial charge in [-0.15, -0.1) is 0 Å². The van der Waals surface area contributed by atoms with E-state index in [4.69, 9.17) is 0 Å². The smallest absolute Gasteiger partial charge is 0.255 e. The van der Waals surface area contributed by atoms with E-state index in [-0.39, 0.29) is 22.6 Å². The van der Waals surface area contributed by atoms with E-state index in [1.807, 2.05) is 54.6 Å². The maximum atomic E-state index is 13.3. The van der Waals surface area contributed by atoms with Gasteiger partial charge >= 0.3 is 0 Å². The van der Waals surface area contributed by atoms with Crippen molar-refractivity contribution >= 4 is 23.2 Å². The number of amides is 2. The zero-order valence-electron chi connectivity index (χ0n) is 27.4. The van der Waals surface area contributed by atoms with Crippen LogP contribution in [0.3, 0.4) is 0 Å². The zero-order chi connectivity index (χ0) is 31.6. The summed E-state index contributed by atoms with van der Waals surface area (Å²) in [5.74, 6) is -0.179. The predicted octanol–water partition coefficient (Wildman–Crippen LogP) is 9.97. The summed E-state index contributed by atoms with van der Waals surface area (Å²) in [5, 5.41) is 6.38. The topological polar surface area (TPSA) is 58.2 Å². The van der Waals surface area contributed by atoms with Crippen LogP contribution in [0.15, 0.2) is 78.9 Å². The van der Waals surface area contributed by atoms with Gasteiger partial charge in [0.05, 0.1) is 0 Å². The molecule has 44 heavy (non-hydrogen) atoms. The van der Waals surface area contributed by atoms with Gasteiger partial charge in [0.15, 0.2) is 0 Å². The quantitative estimate of drug-likeness (QED) is 0.236. The van der Waals surface area contributed by atoms with Crippen LogP contribution in [0.4, 0.5) is 11.4 Å². The van der Waals surface area contributed by atoms with Gasteiger partial charge in [-0.3, -0.25) is 9.59 Å². The summed E-state index contributed by atoms with van der Waals surface area (Å²) in [4.78, 5) is 26.3. The Morgan fingerprint density at radius 2 is 1.00 bits per heavy atom. The van der Waals surface area contributed by atoms with E-state index in [1.165, 1.54) is 36.0 Å². The van der Waals surface area contributed by atoms with Crippen molar-refractivity contribution in [1.29, 1.82) is 0 Å². The Morgan fingerprint density at radius 3 is 1.41 bits per heavy atom. The van der Waals surface area contributed by atoms with Crippen molar-refractivity contribution in [3.05, 3.63) is 129 Å². The van der Waals surface area contributed by atoms with Crippen molar-refractivity contribution in [2.45, 2.75) is 91.4 Å². The number of benzene rings is 4. The molecular formula is C40H46N2O2. The van der Waals surface area contributed by atoms with E-state index in [9.17, 15) is 9.59 Å². The summed E-state index contributed by atoms with van der Waals surface area (Å²) < 4.78 is 0. The molecule has 0 aromatic heterocycles. The monoisotopic (exact) mass is 586 g/mol. The minimum atomic E-state index is -0.114. The molecule has 2 amide bonds. The third-order valence-corrected chi connectivity index (χ3v) is 9.40. The SMILES string of the molecule is Cc1cc(C2(c3cc(C)c(NC(=O)c4ccc(C(C)(C)C)cc4)c(C)c3)CCCCC2)cc(C)c1NC(=O)c1ccccc1. The number of hydrogen-bond acceptors (Lipinski definition) is 2. The maximum Gasteiger partial charge on any atom is 0.255 e. The molecular weight excluding hydrogens is 540 g/mol. The van der Waals surface area contributed by atoms with Gasteiger partial charge in [0.25, 0.3) is 11.8 Å². The molecule has 5 rings (SSSR count). The predicted molar refractivity (Wildman–Crippen MR) is 183 cm³/mol. The van der Waals surface area contributed by atoms with Crippen LogP contribution in [-0.2, 0) is 10.8 Å². The minimum absolute atomic E-state index is 0.0423. The van der Waals surface area contributed by atoms with Gasteiger partial charge in [0, 0.05) is 27.9 Å². The van der Waals surface area contributed by atoms with Crippen molar-refractivity contribution in [1.82, 2.24) is 0 Å². The summed E-state index contributed by atoms with van der Waals surface area (Å²) in [6.45, 7) is 14.9. The molecule has 0 unspecified atom stereocenters. The molecule has 4 heteroatoms. The largest absolute Gasteiger partial charge is 0.322 e. The molecule has 0 spiro atoms. The normalized spacial score (nSPS) is 14.6. The van der Waals surface area contributed by atoms with Gasteiger partial charge < -0.3 is 10.6 Å². The fraction of sp³-hybridized carbons (Fsp3) is 0.350. The molecule has 0 heterocycles. The summed E-state index contributed by atoms with van der Waals surface area (Å²) in [7, 11) is 0. The van der Waals surface area contributed by atoms with Crippen molar-refractivity contribution in [3.63, 3.8) is 0 Å². The van der Waals surface area contributed by atoms with Crippen LogP contribution in [0.25, 0.3) is 0 Å². The molecule has 4 aromatic carbocycles. The average molecular weight is 587 g/mol. The molecule has 0 aliphatic heterocycles. The van der Waals surface area contributed by atoms with E-state index >= 15 is 0 Å². The number of nitrogens with one attached hydrogen (secondary N) is 2. The first-order valence-electron chi connectivity index (χ1n) is 15.9. The van der Waals surface area contributed by atoms with Gasteiger partial charge in [-0.2, -0.15) is 0 Å². The van der Waals surface area contributed by atoms with Crippen LogP contribution in [0.1, 0.15) is 113 Å². The Labute approximate surface area is 263 Å². The Kier molecular flexibility index (Phi) is 8.83. The number of anilines is 2. The molecule has 1 aliphatic carbocycles. The molecule has 4 aromatic rings. The molecule has 1 fully saturated rings. The van der Waals surface area contributed by atoms with Crippen LogP contribution in [0, 0.1) is 27.7 Å². The highest BCUT2D eigenvalue weighted by Crippen LogP contribution is 2.47. The highest BCUT2D eigenvalue weighted by Gasteiger charge is 2.37. The minimum Gasteiger partial charge on any atom is -0.322 e. The number of hydrogen-bond donors (Lipinski definition) is 2. The highest BCUT2D eigenvalue weighted by molar-refractivity contribution is 6.05. The lowest BCUT2D eigenvalue weighted by Crippen LogP contribution is -2.31. The standard InChI is InChI=1S/C40H46N2O2/c1-26-22-33(23-27(2)35(26)41-37(43)30-14-10-8-11-15-30)40(20-12-9-13-21-40)34-24-28(3)36(29(4)25-34)42-38(44)31-16-18-32(19-17-31)39(5,6)7/h8,10-11,14-19,22-25H,9,12-13,20-21H2,1-7H3,(H,41,43)(H,42,44). The van der Waals surface area contributed by atoms with Crippen molar-refractivity contribution in [2.24, 2.45) is 0 Å². The van der Waals surface area contributed by atoms with Crippen molar-refractivity contribution in [3.8, 4) is 0 Å². The third kappa shape index (κ3) is 6.36. The number of carbonyl (C=O) groups excluding carboxylic acids is 2. The van der Waals surface area contributed by atoms with Gasteiger partial charge in [0.2, 0.25) is 0 Å². The summed E-state index contributed by atoms with van der Waals surface area (Å²) >= 11 is 0. The first-order chi connectivity index (χ1) is 20.9. The average Bonchev–Trinajstić information content (AvgIpc) is 3.00. The van der Waals surface area contributed by atoms with Crippen LogP contribution < -0.4 is 10.6 Å². The van der Waals surface area contributed by atoms with E-state index in [2.05, 4.69) is 83.4 Å².